The highest BCUT2D eigenvalue weighted by Crippen LogP contribution is 2.44. The monoisotopic (exact) mass is 357 g/mol. The zero-order chi connectivity index (χ0) is 18.0. The van der Waals surface area contributed by atoms with Gasteiger partial charge in [-0.05, 0) is 62.4 Å². The minimum Gasteiger partial charge on any atom is -0.496 e. The molecule has 4 nitrogen and oxygen atoms in total. The molecule has 0 unspecified atom stereocenters. The molecule has 3 rings (SSSR count). The normalized spacial score (nSPS) is 14.7. The molecule has 5 heteroatoms. The van der Waals surface area contributed by atoms with E-state index in [1.807, 2.05) is 38.1 Å². The first-order valence-corrected chi connectivity index (χ1v) is 8.94. The minimum atomic E-state index is 0.0981. The fraction of sp³-hybridized carbons (Fsp3) is 0.350. The van der Waals surface area contributed by atoms with E-state index >= 15 is 0 Å². The summed E-state index contributed by atoms with van der Waals surface area (Å²) >= 11 is 6.32. The Morgan fingerprint density at radius 3 is 2.56 bits per heavy atom. The van der Waals surface area contributed by atoms with Crippen molar-refractivity contribution >= 4 is 28.8 Å². The number of para-hydroxylation sites is 1. The van der Waals surface area contributed by atoms with Gasteiger partial charge in [0, 0.05) is 6.04 Å². The van der Waals surface area contributed by atoms with Crippen LogP contribution in [0.3, 0.4) is 0 Å². The Bertz CT molecular complexity index is 798. The number of nitrogens with zero attached hydrogens (tertiary/aromatic N) is 1. The highest BCUT2D eigenvalue weighted by molar-refractivity contribution is 6.33. The number of ether oxygens (including phenoxy) is 1. The van der Waals surface area contributed by atoms with Crippen molar-refractivity contribution in [3.63, 3.8) is 0 Å². The molecule has 1 aliphatic rings. The summed E-state index contributed by atoms with van der Waals surface area (Å²) in [4.78, 5) is 4.51. The van der Waals surface area contributed by atoms with Gasteiger partial charge < -0.3 is 15.8 Å². The van der Waals surface area contributed by atoms with E-state index < -0.39 is 0 Å². The molecule has 3 N–H and O–H groups in total. The van der Waals surface area contributed by atoms with Crippen LogP contribution >= 0.6 is 11.6 Å². The first-order valence-electron chi connectivity index (χ1n) is 8.56. The third-order valence-electron chi connectivity index (χ3n) is 4.19. The van der Waals surface area contributed by atoms with Gasteiger partial charge in [0.1, 0.15) is 11.6 Å². The van der Waals surface area contributed by atoms with Gasteiger partial charge in [0.15, 0.2) is 0 Å². The van der Waals surface area contributed by atoms with E-state index in [1.165, 1.54) is 18.4 Å². The fourth-order valence-corrected chi connectivity index (χ4v) is 3.05. The van der Waals surface area contributed by atoms with Crippen molar-refractivity contribution in [3.05, 3.63) is 52.5 Å². The highest BCUT2D eigenvalue weighted by atomic mass is 35.5. The Morgan fingerprint density at radius 2 is 1.96 bits per heavy atom. The number of nitrogens with one attached hydrogen (secondary N) is 1. The van der Waals surface area contributed by atoms with Crippen molar-refractivity contribution in [2.75, 3.05) is 12.4 Å². The van der Waals surface area contributed by atoms with E-state index in [9.17, 15) is 0 Å². The number of rotatable bonds is 6. The van der Waals surface area contributed by atoms with Gasteiger partial charge in [-0.2, -0.15) is 0 Å². The van der Waals surface area contributed by atoms with Crippen LogP contribution in [0.25, 0.3) is 0 Å². The lowest BCUT2D eigenvalue weighted by Gasteiger charge is -2.18. The average Bonchev–Trinajstić information content (AvgIpc) is 3.40. The Hall–Kier alpha value is -2.20. The van der Waals surface area contributed by atoms with Crippen LogP contribution in [0.4, 0.5) is 11.4 Å². The summed E-state index contributed by atoms with van der Waals surface area (Å²) in [5.74, 6) is 1.79. The quantitative estimate of drug-likeness (QED) is 0.559. The van der Waals surface area contributed by atoms with Crippen LogP contribution in [-0.2, 0) is 0 Å². The van der Waals surface area contributed by atoms with Gasteiger partial charge >= 0.3 is 0 Å². The molecule has 1 saturated carbocycles. The second-order valence-corrected chi connectivity index (χ2v) is 7.04. The predicted octanol–water partition coefficient (Wildman–Crippen LogP) is 5.08. The summed E-state index contributed by atoms with van der Waals surface area (Å²) < 4.78 is 5.64. The van der Waals surface area contributed by atoms with Crippen molar-refractivity contribution in [2.45, 2.75) is 38.6 Å². The Labute approximate surface area is 154 Å². The van der Waals surface area contributed by atoms with Crippen molar-refractivity contribution < 1.29 is 4.74 Å². The first kappa shape index (κ1) is 17.6. The summed E-state index contributed by atoms with van der Waals surface area (Å²) in [5.41, 5.74) is 10.0. The molecule has 0 aromatic heterocycles. The molecule has 2 aromatic rings. The highest BCUT2D eigenvalue weighted by Gasteiger charge is 2.27. The molecule has 0 saturated heterocycles. The molecule has 132 valence electrons. The zero-order valence-electron chi connectivity index (χ0n) is 14.8. The number of aliphatic imine (C=N–C) groups is 1. The maximum absolute atomic E-state index is 6.32. The second-order valence-electron chi connectivity index (χ2n) is 6.63. The number of hydrogen-bond donors (Lipinski definition) is 2. The van der Waals surface area contributed by atoms with Crippen molar-refractivity contribution in [3.8, 4) is 5.75 Å². The van der Waals surface area contributed by atoms with E-state index in [1.54, 1.807) is 7.11 Å². The molecule has 0 atom stereocenters. The van der Waals surface area contributed by atoms with E-state index in [0.29, 0.717) is 16.8 Å². The van der Waals surface area contributed by atoms with Crippen LogP contribution in [0, 0.1) is 0 Å². The maximum Gasteiger partial charge on any atom is 0.132 e. The molecule has 1 fully saturated rings. The molecule has 2 aromatic carbocycles. The van der Waals surface area contributed by atoms with Gasteiger partial charge in [-0.25, -0.2) is 0 Å². The Kier molecular flexibility index (Phi) is 5.19. The van der Waals surface area contributed by atoms with Crippen molar-refractivity contribution in [1.29, 1.82) is 0 Å². The van der Waals surface area contributed by atoms with Crippen LogP contribution in [0.2, 0.25) is 5.02 Å². The standard InChI is InChI=1S/C20H24ClN3O/c1-12(2)23-20(22)19-17(24-16-7-5-4-6-15(16)21)10-14(13-8-9-13)11-18(19)25-3/h4-7,10-13,24H,8-9H2,1-3H3,(H2,22,23). The van der Waals surface area contributed by atoms with E-state index in [0.717, 1.165) is 22.7 Å². The van der Waals surface area contributed by atoms with Gasteiger partial charge in [-0.15, -0.1) is 0 Å². The van der Waals surface area contributed by atoms with Crippen LogP contribution < -0.4 is 15.8 Å². The largest absolute Gasteiger partial charge is 0.496 e. The van der Waals surface area contributed by atoms with E-state index in [2.05, 4.69) is 22.4 Å². The van der Waals surface area contributed by atoms with E-state index in [4.69, 9.17) is 22.1 Å². The van der Waals surface area contributed by atoms with Crippen LogP contribution in [0.1, 0.15) is 43.7 Å². The molecule has 0 bridgehead atoms. The topological polar surface area (TPSA) is 59.6 Å². The molecule has 25 heavy (non-hydrogen) atoms. The van der Waals surface area contributed by atoms with Gasteiger partial charge in [0.2, 0.25) is 0 Å². The van der Waals surface area contributed by atoms with Gasteiger partial charge in [-0.1, -0.05) is 23.7 Å². The molecule has 0 radical (unpaired) electrons. The molecule has 1 aliphatic carbocycles. The maximum atomic E-state index is 6.32. The Morgan fingerprint density at radius 1 is 1.24 bits per heavy atom. The number of hydrogen-bond acceptors (Lipinski definition) is 3. The molecule has 0 spiro atoms. The van der Waals surface area contributed by atoms with Gasteiger partial charge in [0.05, 0.1) is 29.1 Å². The van der Waals surface area contributed by atoms with Crippen molar-refractivity contribution in [1.82, 2.24) is 0 Å². The summed E-state index contributed by atoms with van der Waals surface area (Å²) in [6.07, 6.45) is 2.42. The summed E-state index contributed by atoms with van der Waals surface area (Å²) in [7, 11) is 1.66. The van der Waals surface area contributed by atoms with Crippen LogP contribution in [0.5, 0.6) is 5.75 Å². The third-order valence-corrected chi connectivity index (χ3v) is 4.52. The number of halogens is 1. The molecule has 0 aliphatic heterocycles. The SMILES string of the molecule is COc1cc(C2CC2)cc(Nc2ccccc2Cl)c1C(N)=NC(C)C. The molecular weight excluding hydrogens is 334 g/mol. The number of benzene rings is 2. The summed E-state index contributed by atoms with van der Waals surface area (Å²) in [6, 6.07) is 12.0. The predicted molar refractivity (Wildman–Crippen MR) is 106 cm³/mol. The first-order chi connectivity index (χ1) is 12.0. The van der Waals surface area contributed by atoms with Gasteiger partial charge in [0.25, 0.3) is 0 Å². The number of methoxy groups -OCH3 is 1. The summed E-state index contributed by atoms with van der Waals surface area (Å²) in [6.45, 7) is 4.00. The number of amidine groups is 1. The average molecular weight is 358 g/mol. The summed E-state index contributed by atoms with van der Waals surface area (Å²) in [5, 5.41) is 4.08. The smallest absolute Gasteiger partial charge is 0.132 e. The number of anilines is 2. The zero-order valence-corrected chi connectivity index (χ0v) is 15.6. The molecule has 0 heterocycles. The molecular formula is C20H24ClN3O. The fourth-order valence-electron chi connectivity index (χ4n) is 2.86. The van der Waals surface area contributed by atoms with Crippen molar-refractivity contribution in [2.24, 2.45) is 10.7 Å². The van der Waals surface area contributed by atoms with Gasteiger partial charge in [-0.3, -0.25) is 4.99 Å². The lowest BCUT2D eigenvalue weighted by Crippen LogP contribution is -2.19. The molecule has 0 amide bonds. The second kappa shape index (κ2) is 7.36. The lowest BCUT2D eigenvalue weighted by molar-refractivity contribution is 0.413. The Balaban J connectivity index is 2.12. The third kappa shape index (κ3) is 4.07. The van der Waals surface area contributed by atoms with Crippen LogP contribution in [0.15, 0.2) is 41.4 Å². The lowest BCUT2D eigenvalue weighted by atomic mass is 10.0. The van der Waals surface area contributed by atoms with E-state index in [-0.39, 0.29) is 6.04 Å². The van der Waals surface area contributed by atoms with Crippen LogP contribution in [-0.4, -0.2) is 19.0 Å². The minimum absolute atomic E-state index is 0.0981. The number of nitrogens with two attached hydrogens (primary N) is 1.